The van der Waals surface area contributed by atoms with Crippen LogP contribution >= 0.6 is 11.8 Å². The van der Waals surface area contributed by atoms with Crippen molar-refractivity contribution in [2.75, 3.05) is 6.26 Å². The molecule has 0 aliphatic carbocycles. The number of nitrogens with zero attached hydrogens (tertiary/aromatic N) is 3. The molecule has 0 spiro atoms. The fraction of sp³-hybridized carbons (Fsp3) is 0.214. The molecule has 2 aromatic rings. The summed E-state index contributed by atoms with van der Waals surface area (Å²) < 4.78 is 24.1. The number of carbonyl (C=O) groups is 1. The molecule has 0 N–H and O–H groups in total. The Morgan fingerprint density at radius 2 is 1.91 bits per heavy atom. The highest BCUT2D eigenvalue weighted by Crippen LogP contribution is 2.12. The molecule has 122 valence electrons. The van der Waals surface area contributed by atoms with Gasteiger partial charge in [0.25, 0.3) is 0 Å². The van der Waals surface area contributed by atoms with Crippen LogP contribution in [0.2, 0.25) is 0 Å². The Labute approximate surface area is 138 Å². The van der Waals surface area contributed by atoms with Gasteiger partial charge < -0.3 is 0 Å². The van der Waals surface area contributed by atoms with Gasteiger partial charge in [-0.25, -0.2) is 13.1 Å². The maximum absolute atomic E-state index is 12.1. The first kappa shape index (κ1) is 17.2. The quantitative estimate of drug-likeness (QED) is 0.772. The molecule has 0 fully saturated rings. The van der Waals surface area contributed by atoms with E-state index in [9.17, 15) is 18.0 Å². The van der Waals surface area contributed by atoms with Gasteiger partial charge in [0, 0.05) is 23.5 Å². The van der Waals surface area contributed by atoms with Gasteiger partial charge >= 0.3 is 5.91 Å². The third-order valence-electron chi connectivity index (χ3n) is 3.02. The summed E-state index contributed by atoms with van der Waals surface area (Å²) in [4.78, 5) is 24.2. The van der Waals surface area contributed by atoms with Crippen LogP contribution in [0.1, 0.15) is 23.1 Å². The average molecular weight is 356 g/mol. The monoisotopic (exact) mass is 355 g/mol. The maximum Gasteiger partial charge on any atom is 0.306 e. The molecule has 1 heterocycles. The molecule has 0 atom stereocenters. The fourth-order valence-corrected chi connectivity index (χ4v) is 2.39. The predicted molar refractivity (Wildman–Crippen MR) is 86.1 cm³/mol. The average Bonchev–Trinajstić information content (AvgIpc) is 2.53. The van der Waals surface area contributed by atoms with Crippen molar-refractivity contribution < 1.29 is 13.2 Å². The van der Waals surface area contributed by atoms with E-state index in [-0.39, 0.29) is 3.82 Å². The second kappa shape index (κ2) is 6.51. The Bertz CT molecular complexity index is 894. The first-order valence-electron chi connectivity index (χ1n) is 6.64. The fourth-order valence-electron chi connectivity index (χ4n) is 1.92. The van der Waals surface area contributed by atoms with Crippen molar-refractivity contribution in [1.29, 1.82) is 0 Å². The molecule has 0 aliphatic rings. The smallest absolute Gasteiger partial charge is 0.287 e. The van der Waals surface area contributed by atoms with E-state index in [4.69, 9.17) is 11.8 Å². The highest BCUT2D eigenvalue weighted by molar-refractivity contribution is 7.89. The summed E-state index contributed by atoms with van der Waals surface area (Å²) in [5, 5.41) is 4.01. The molecule has 0 saturated carbocycles. The van der Waals surface area contributed by atoms with Gasteiger partial charge in [-0.2, -0.15) is 5.10 Å². The summed E-state index contributed by atoms with van der Waals surface area (Å²) in [5.74, 6) is -1.19. The number of aromatic nitrogens is 2. The van der Waals surface area contributed by atoms with Crippen molar-refractivity contribution in [2.24, 2.45) is 0 Å². The third kappa shape index (κ3) is 3.59. The lowest BCUT2D eigenvalue weighted by Gasteiger charge is -2.14. The number of rotatable bonds is 4. The van der Waals surface area contributed by atoms with Crippen LogP contribution < -0.4 is 5.43 Å². The summed E-state index contributed by atoms with van der Waals surface area (Å²) in [7, 11) is -4.00. The van der Waals surface area contributed by atoms with Crippen molar-refractivity contribution in [2.45, 2.75) is 13.3 Å². The summed E-state index contributed by atoms with van der Waals surface area (Å²) in [5.41, 5.74) is -0.0306. The number of para-hydroxylation sites is 1. The van der Waals surface area contributed by atoms with Crippen LogP contribution in [0.5, 0.6) is 0 Å². The minimum atomic E-state index is -4.00. The Kier molecular flexibility index (Phi) is 4.86. The molecule has 1 aromatic carbocycles. The lowest BCUT2D eigenvalue weighted by Crippen LogP contribution is -2.34. The molecule has 1 aromatic heterocycles. The van der Waals surface area contributed by atoms with Gasteiger partial charge in [0.1, 0.15) is 0 Å². The van der Waals surface area contributed by atoms with E-state index >= 15 is 0 Å². The van der Waals surface area contributed by atoms with Crippen molar-refractivity contribution in [3.63, 3.8) is 0 Å². The van der Waals surface area contributed by atoms with Crippen LogP contribution in [0.15, 0.2) is 41.2 Å². The van der Waals surface area contributed by atoms with Crippen molar-refractivity contribution >= 4 is 27.7 Å². The highest BCUT2D eigenvalue weighted by Gasteiger charge is 2.27. The number of hydrogen-bond donors (Lipinski definition) is 0. The summed E-state index contributed by atoms with van der Waals surface area (Å²) >= 11 is 5.49. The normalized spacial score (nSPS) is 11.3. The molecule has 7 nitrogen and oxygen atoms in total. The van der Waals surface area contributed by atoms with E-state index in [1.807, 2.05) is 13.0 Å². The molecule has 0 bridgehead atoms. The van der Waals surface area contributed by atoms with Crippen molar-refractivity contribution in [3.8, 4) is 5.69 Å². The zero-order valence-electron chi connectivity index (χ0n) is 12.4. The molecule has 2 rings (SSSR count). The molecule has 1 amide bonds. The molecule has 9 heteroatoms. The molecule has 0 unspecified atom stereocenters. The predicted octanol–water partition coefficient (Wildman–Crippen LogP) is 1.35. The van der Waals surface area contributed by atoms with E-state index in [0.717, 1.165) is 6.26 Å². The van der Waals surface area contributed by atoms with Gasteiger partial charge in [-0.15, -0.1) is 3.82 Å². The van der Waals surface area contributed by atoms with Gasteiger partial charge in [-0.05, 0) is 18.6 Å². The number of carbonyl (C=O) groups excluding carboxylic acids is 1. The molecule has 0 aliphatic heterocycles. The molecule has 0 radical (unpaired) electrons. The van der Waals surface area contributed by atoms with Crippen molar-refractivity contribution in [3.05, 3.63) is 58.0 Å². The summed E-state index contributed by atoms with van der Waals surface area (Å²) in [6.45, 7) is 1.84. The van der Waals surface area contributed by atoms with Crippen LogP contribution in [0.25, 0.3) is 5.69 Å². The largest absolute Gasteiger partial charge is 0.306 e. The molecule has 0 saturated heterocycles. The Morgan fingerprint density at radius 3 is 2.43 bits per heavy atom. The summed E-state index contributed by atoms with van der Waals surface area (Å²) in [6, 6.07) is 10.1. The van der Waals surface area contributed by atoms with Gasteiger partial charge in [0.05, 0.1) is 11.9 Å². The molecular formula is C14H14ClN3O4S. The number of aryl methyl sites for hydroxylation is 1. The first-order chi connectivity index (χ1) is 10.8. The minimum absolute atomic E-state index is 0.0162. The first-order valence-corrected chi connectivity index (χ1v) is 8.83. The number of halogens is 1. The van der Waals surface area contributed by atoms with Crippen LogP contribution in [-0.2, 0) is 16.4 Å². The number of amides is 1. The number of benzene rings is 1. The second-order valence-corrected chi connectivity index (χ2v) is 7.10. The third-order valence-corrected chi connectivity index (χ3v) is 4.67. The van der Waals surface area contributed by atoms with Gasteiger partial charge in [-0.3, -0.25) is 9.59 Å². The zero-order chi connectivity index (χ0) is 17.2. The Hall–Kier alpha value is -2.19. The van der Waals surface area contributed by atoms with E-state index in [0.29, 0.717) is 17.8 Å². The van der Waals surface area contributed by atoms with E-state index < -0.39 is 27.1 Å². The zero-order valence-corrected chi connectivity index (χ0v) is 14.0. The molecular weight excluding hydrogens is 342 g/mol. The summed E-state index contributed by atoms with van der Waals surface area (Å²) in [6.07, 6.45) is 1.26. The van der Waals surface area contributed by atoms with Gasteiger partial charge in [0.15, 0.2) is 5.69 Å². The minimum Gasteiger partial charge on any atom is -0.287 e. The van der Waals surface area contributed by atoms with Crippen LogP contribution in [0.4, 0.5) is 0 Å². The van der Waals surface area contributed by atoms with Crippen LogP contribution in [-0.4, -0.2) is 34.2 Å². The van der Waals surface area contributed by atoms with E-state index in [2.05, 4.69) is 5.10 Å². The van der Waals surface area contributed by atoms with Crippen molar-refractivity contribution in [1.82, 2.24) is 13.6 Å². The Morgan fingerprint density at radius 1 is 1.30 bits per heavy atom. The SMILES string of the molecule is CCc1cc(=O)c(C(=O)N(Cl)S(C)(=O)=O)nn1-c1ccccc1. The van der Waals surface area contributed by atoms with Crippen LogP contribution in [0.3, 0.4) is 0 Å². The highest BCUT2D eigenvalue weighted by atomic mass is 35.5. The lowest BCUT2D eigenvalue weighted by atomic mass is 10.2. The lowest BCUT2D eigenvalue weighted by molar-refractivity contribution is 0.0915. The Balaban J connectivity index is 2.63. The number of sulfonamides is 1. The topological polar surface area (TPSA) is 89.3 Å². The van der Waals surface area contributed by atoms with Gasteiger partial charge in [0.2, 0.25) is 15.5 Å². The van der Waals surface area contributed by atoms with E-state index in [1.165, 1.54) is 10.7 Å². The second-order valence-electron chi connectivity index (χ2n) is 4.73. The van der Waals surface area contributed by atoms with Gasteiger partial charge in [-0.1, -0.05) is 25.1 Å². The number of hydrogen-bond acceptors (Lipinski definition) is 5. The standard InChI is InChI=1S/C14H14ClN3O4S/c1-3-10-9-12(19)13(14(20)18(15)23(2,21)22)16-17(10)11-7-5-4-6-8-11/h4-9H,3H2,1-2H3. The molecule has 23 heavy (non-hydrogen) atoms. The maximum atomic E-state index is 12.1. The van der Waals surface area contributed by atoms with E-state index in [1.54, 1.807) is 24.3 Å². The van der Waals surface area contributed by atoms with Crippen LogP contribution in [0, 0.1) is 0 Å².